The standard InChI is InChI=1S/C24H26N10O2S/c1-13-16(9-26-19-11-33(3)37(36)31-23(13)19)18-6-14-7-20(27-10-17(14)24(25)28-18)29-21-8-15-4-5-32(2)22(35)12-34(15)30-21/h6-10,31H,4-5,11-12H2,1-3H3,(H2,25,28)(H,27,29,30). The third-order valence-corrected chi connectivity index (χ3v) is 7.89. The summed E-state index contributed by atoms with van der Waals surface area (Å²) in [5.74, 6) is 1.62. The molecule has 2 aliphatic heterocycles. The van der Waals surface area contributed by atoms with Crippen LogP contribution in [0.2, 0.25) is 0 Å². The van der Waals surface area contributed by atoms with Gasteiger partial charge in [-0.25, -0.2) is 9.97 Å². The summed E-state index contributed by atoms with van der Waals surface area (Å²) in [5, 5.41) is 9.39. The molecule has 2 aliphatic rings. The largest absolute Gasteiger partial charge is 0.573 e. The Hall–Kier alpha value is -3.94. The van der Waals surface area contributed by atoms with Crippen molar-refractivity contribution in [1.29, 1.82) is 0 Å². The van der Waals surface area contributed by atoms with Gasteiger partial charge in [0.05, 0.1) is 17.9 Å². The van der Waals surface area contributed by atoms with E-state index in [0.29, 0.717) is 36.2 Å². The van der Waals surface area contributed by atoms with Crippen molar-refractivity contribution >= 4 is 51.4 Å². The van der Waals surface area contributed by atoms with Crippen LogP contribution in [0.3, 0.4) is 0 Å². The van der Waals surface area contributed by atoms with Crippen molar-refractivity contribution in [2.24, 2.45) is 0 Å². The van der Waals surface area contributed by atoms with Gasteiger partial charge in [-0.05, 0) is 30.0 Å². The number of nitrogens with two attached hydrogens (primary N) is 1. The van der Waals surface area contributed by atoms with Gasteiger partial charge < -0.3 is 20.5 Å². The van der Waals surface area contributed by atoms with Crippen LogP contribution < -0.4 is 15.8 Å². The van der Waals surface area contributed by atoms with Crippen LogP contribution in [0.25, 0.3) is 22.0 Å². The van der Waals surface area contributed by atoms with E-state index in [4.69, 9.17) is 5.73 Å². The van der Waals surface area contributed by atoms with Crippen molar-refractivity contribution in [3.05, 3.63) is 47.5 Å². The molecule has 0 aliphatic carbocycles. The number of nitrogen functional groups attached to an aromatic ring is 1. The zero-order valence-corrected chi connectivity index (χ0v) is 21.5. The predicted molar refractivity (Wildman–Crippen MR) is 142 cm³/mol. The Bertz CT molecular complexity index is 1550. The topological polar surface area (TPSA) is 153 Å². The highest BCUT2D eigenvalue weighted by Gasteiger charge is 2.28. The number of hydrogen-bond donors (Lipinski definition) is 3. The summed E-state index contributed by atoms with van der Waals surface area (Å²) < 4.78 is 18.8. The number of pyridine rings is 3. The summed E-state index contributed by atoms with van der Waals surface area (Å²) in [6, 6.07) is 5.78. The minimum absolute atomic E-state index is 0.0353. The van der Waals surface area contributed by atoms with Crippen LogP contribution in [-0.4, -0.2) is 65.0 Å². The first kappa shape index (κ1) is 23.5. The minimum Gasteiger partial charge on any atom is -0.573 e. The van der Waals surface area contributed by atoms with Gasteiger partial charge in [0, 0.05) is 62.2 Å². The second-order valence-electron chi connectivity index (χ2n) is 9.31. The van der Waals surface area contributed by atoms with Gasteiger partial charge in [0.1, 0.15) is 23.9 Å². The van der Waals surface area contributed by atoms with Crippen LogP contribution in [0, 0.1) is 6.92 Å². The molecule has 4 aromatic heterocycles. The molecule has 0 radical (unpaired) electrons. The maximum Gasteiger partial charge on any atom is 0.244 e. The van der Waals surface area contributed by atoms with Crippen LogP contribution in [0.5, 0.6) is 0 Å². The average Bonchev–Trinajstić information content (AvgIpc) is 3.18. The number of hydrogen-bond acceptors (Lipinski definition) is 10. The van der Waals surface area contributed by atoms with Gasteiger partial charge in [-0.15, -0.1) is 4.31 Å². The van der Waals surface area contributed by atoms with Gasteiger partial charge in [-0.1, -0.05) is 0 Å². The maximum absolute atomic E-state index is 12.3. The molecule has 1 unspecified atom stereocenters. The summed E-state index contributed by atoms with van der Waals surface area (Å²) in [5.41, 5.74) is 11.3. The Morgan fingerprint density at radius 3 is 2.81 bits per heavy atom. The Kier molecular flexibility index (Phi) is 5.62. The molecule has 0 fully saturated rings. The smallest absolute Gasteiger partial charge is 0.244 e. The fraction of sp³-hybridized carbons (Fsp3) is 0.292. The molecule has 6 rings (SSSR count). The predicted octanol–water partition coefficient (Wildman–Crippen LogP) is 1.97. The number of anilines is 4. The van der Waals surface area contributed by atoms with Crippen molar-refractivity contribution in [1.82, 2.24) is 33.9 Å². The molecule has 13 heteroatoms. The number of likely N-dealkylation sites (N-methyl/N-ethyl adjacent to an activating group) is 1. The van der Waals surface area contributed by atoms with Gasteiger partial charge in [-0.2, -0.15) is 9.82 Å². The van der Waals surface area contributed by atoms with Crippen LogP contribution >= 0.6 is 0 Å². The van der Waals surface area contributed by atoms with E-state index in [9.17, 15) is 9.35 Å². The van der Waals surface area contributed by atoms with Gasteiger partial charge >= 0.3 is 0 Å². The normalized spacial score (nSPS) is 17.8. The highest BCUT2D eigenvalue weighted by Crippen LogP contribution is 2.35. The first-order chi connectivity index (χ1) is 17.8. The van der Waals surface area contributed by atoms with Crippen molar-refractivity contribution in [3.8, 4) is 11.3 Å². The molecule has 0 aromatic carbocycles. The van der Waals surface area contributed by atoms with Crippen molar-refractivity contribution in [2.45, 2.75) is 26.4 Å². The van der Waals surface area contributed by atoms with E-state index in [1.54, 1.807) is 40.4 Å². The van der Waals surface area contributed by atoms with Crippen LogP contribution in [0.4, 0.5) is 23.1 Å². The minimum atomic E-state index is -1.32. The number of carbonyl (C=O) groups excluding carboxylic acids is 1. The van der Waals surface area contributed by atoms with E-state index in [1.807, 2.05) is 25.1 Å². The number of aromatic nitrogens is 5. The van der Waals surface area contributed by atoms with Crippen LogP contribution in [0.15, 0.2) is 30.6 Å². The Morgan fingerprint density at radius 1 is 1.14 bits per heavy atom. The van der Waals surface area contributed by atoms with Crippen LogP contribution in [0.1, 0.15) is 17.0 Å². The molecule has 0 saturated carbocycles. The van der Waals surface area contributed by atoms with E-state index in [-0.39, 0.29) is 12.5 Å². The summed E-state index contributed by atoms with van der Waals surface area (Å²) >= 11 is -1.32. The first-order valence-corrected chi connectivity index (χ1v) is 12.9. The zero-order chi connectivity index (χ0) is 25.8. The molecule has 12 nitrogen and oxygen atoms in total. The van der Waals surface area contributed by atoms with E-state index in [0.717, 1.165) is 45.4 Å². The van der Waals surface area contributed by atoms with Gasteiger partial charge in [-0.3, -0.25) is 14.5 Å². The second kappa shape index (κ2) is 8.87. The second-order valence-corrected chi connectivity index (χ2v) is 10.6. The number of rotatable bonds is 3. The fourth-order valence-electron chi connectivity index (χ4n) is 4.63. The maximum atomic E-state index is 12.3. The average molecular weight is 519 g/mol. The van der Waals surface area contributed by atoms with Crippen LogP contribution in [-0.2, 0) is 35.9 Å². The Morgan fingerprint density at radius 2 is 1.97 bits per heavy atom. The Labute approximate surface area is 216 Å². The lowest BCUT2D eigenvalue weighted by atomic mass is 10.0. The zero-order valence-electron chi connectivity index (χ0n) is 20.6. The molecule has 4 N–H and O–H groups in total. The summed E-state index contributed by atoms with van der Waals surface area (Å²) in [7, 11) is 3.58. The quantitative estimate of drug-likeness (QED) is 0.343. The molecular weight excluding hydrogens is 492 g/mol. The molecule has 37 heavy (non-hydrogen) atoms. The lowest BCUT2D eigenvalue weighted by Crippen LogP contribution is -2.37. The number of carbonyl (C=O) groups is 1. The lowest BCUT2D eigenvalue weighted by Gasteiger charge is -2.27. The number of nitrogens with zero attached hydrogens (tertiary/aromatic N) is 7. The summed E-state index contributed by atoms with van der Waals surface area (Å²) in [4.78, 5) is 27.6. The van der Waals surface area contributed by atoms with E-state index < -0.39 is 11.5 Å². The van der Waals surface area contributed by atoms with Gasteiger partial charge in [0.25, 0.3) is 0 Å². The van der Waals surface area contributed by atoms with E-state index in [2.05, 4.69) is 30.1 Å². The van der Waals surface area contributed by atoms with E-state index >= 15 is 0 Å². The molecule has 6 heterocycles. The molecule has 0 bridgehead atoms. The number of nitrogens with one attached hydrogen (secondary N) is 2. The molecule has 0 spiro atoms. The van der Waals surface area contributed by atoms with Gasteiger partial charge in [0.15, 0.2) is 17.4 Å². The monoisotopic (exact) mass is 518 g/mol. The molecular formula is C24H26N10O2S. The third kappa shape index (κ3) is 4.20. The van der Waals surface area contributed by atoms with Gasteiger partial charge in [0.2, 0.25) is 5.91 Å². The fourth-order valence-corrected chi connectivity index (χ4v) is 5.47. The molecule has 190 valence electrons. The summed E-state index contributed by atoms with van der Waals surface area (Å²) in [6.07, 6.45) is 4.20. The molecule has 4 aromatic rings. The highest BCUT2D eigenvalue weighted by molar-refractivity contribution is 7.90. The number of fused-ring (bicyclic) bond motifs is 3. The summed E-state index contributed by atoms with van der Waals surface area (Å²) in [6.45, 7) is 3.33. The third-order valence-electron chi connectivity index (χ3n) is 6.82. The van der Waals surface area contributed by atoms with E-state index in [1.165, 1.54) is 0 Å². The van der Waals surface area contributed by atoms with Crippen molar-refractivity contribution < 1.29 is 9.35 Å². The first-order valence-electron chi connectivity index (χ1n) is 11.8. The lowest BCUT2D eigenvalue weighted by molar-refractivity contribution is -0.130. The molecule has 1 atom stereocenters. The molecule has 1 amide bonds. The Balaban J connectivity index is 1.33. The molecule has 0 saturated heterocycles. The number of amides is 1. The SMILES string of the molecule is Cc1c(-c2cc3cc(Nc4cc5n(n4)CC(=O)N(C)CC5)ncc3c(N)n2)cnc2c1N[S+]([O-])N(C)C2. The van der Waals surface area contributed by atoms with Crippen molar-refractivity contribution in [2.75, 3.05) is 36.4 Å². The highest BCUT2D eigenvalue weighted by atomic mass is 32.2. The van der Waals surface area contributed by atoms with Crippen molar-refractivity contribution in [3.63, 3.8) is 0 Å².